The number of amides is 1. The maximum atomic E-state index is 13.4. The molecule has 3 heterocycles. The molecule has 0 aliphatic carbocycles. The van der Waals surface area contributed by atoms with Crippen LogP contribution in [0.3, 0.4) is 0 Å². The van der Waals surface area contributed by atoms with E-state index in [-0.39, 0.29) is 5.91 Å². The first-order valence-electron chi connectivity index (χ1n) is 10.3. The predicted octanol–water partition coefficient (Wildman–Crippen LogP) is 3.37. The van der Waals surface area contributed by atoms with Gasteiger partial charge >= 0.3 is 0 Å². The van der Waals surface area contributed by atoms with Gasteiger partial charge in [0.05, 0.1) is 12.6 Å². The Labute approximate surface area is 170 Å². The first kappa shape index (κ1) is 18.1. The number of carbonyl (C=O) groups excluding carboxylic acids is 1. The number of aromatic nitrogens is 3. The molecule has 2 aromatic carbocycles. The molecule has 148 valence electrons. The predicted molar refractivity (Wildman–Crippen MR) is 111 cm³/mol. The Hall–Kier alpha value is -2.99. The Morgan fingerprint density at radius 2 is 1.76 bits per heavy atom. The third-order valence-corrected chi connectivity index (χ3v) is 6.13. The molecule has 1 atom stereocenters. The van der Waals surface area contributed by atoms with Crippen molar-refractivity contribution in [2.75, 3.05) is 20.1 Å². The molecule has 1 saturated heterocycles. The van der Waals surface area contributed by atoms with Gasteiger partial charge in [-0.2, -0.15) is 0 Å². The van der Waals surface area contributed by atoms with Crippen molar-refractivity contribution in [3.63, 3.8) is 0 Å². The maximum absolute atomic E-state index is 13.4. The Morgan fingerprint density at radius 3 is 2.55 bits per heavy atom. The highest BCUT2D eigenvalue weighted by atomic mass is 16.2. The minimum absolute atomic E-state index is 0.0539. The molecular formula is C23H25N5O. The van der Waals surface area contributed by atoms with Gasteiger partial charge < -0.3 is 9.47 Å². The molecule has 2 aliphatic heterocycles. The number of fused-ring (bicyclic) bond motifs is 1. The van der Waals surface area contributed by atoms with Gasteiger partial charge in [0.2, 0.25) is 0 Å². The average molecular weight is 387 g/mol. The number of hydrogen-bond donors (Lipinski definition) is 0. The first-order chi connectivity index (χ1) is 14.2. The van der Waals surface area contributed by atoms with E-state index in [4.69, 9.17) is 0 Å². The van der Waals surface area contributed by atoms with Gasteiger partial charge in [-0.1, -0.05) is 48.5 Å². The first-order valence-corrected chi connectivity index (χ1v) is 10.3. The van der Waals surface area contributed by atoms with Gasteiger partial charge in [0.25, 0.3) is 5.91 Å². The normalized spacial score (nSPS) is 19.3. The van der Waals surface area contributed by atoms with Crippen LogP contribution in [0.15, 0.2) is 54.6 Å². The van der Waals surface area contributed by atoms with Crippen molar-refractivity contribution < 1.29 is 4.79 Å². The van der Waals surface area contributed by atoms with E-state index < -0.39 is 0 Å². The molecule has 29 heavy (non-hydrogen) atoms. The van der Waals surface area contributed by atoms with Crippen molar-refractivity contribution in [1.82, 2.24) is 24.6 Å². The summed E-state index contributed by atoms with van der Waals surface area (Å²) in [6, 6.07) is 18.3. The van der Waals surface area contributed by atoms with E-state index in [9.17, 15) is 4.79 Å². The van der Waals surface area contributed by atoms with Crippen LogP contribution in [0.5, 0.6) is 0 Å². The lowest BCUT2D eigenvalue weighted by atomic mass is 9.98. The summed E-state index contributed by atoms with van der Waals surface area (Å²) in [6.45, 7) is 3.04. The molecule has 0 spiro atoms. The molecule has 1 fully saturated rings. The van der Waals surface area contributed by atoms with Crippen LogP contribution in [0, 0.1) is 0 Å². The zero-order valence-electron chi connectivity index (χ0n) is 16.7. The number of nitrogens with zero attached hydrogens (tertiary/aromatic N) is 5. The molecule has 0 bridgehead atoms. The van der Waals surface area contributed by atoms with Crippen molar-refractivity contribution >= 4 is 5.91 Å². The van der Waals surface area contributed by atoms with Gasteiger partial charge in [0, 0.05) is 18.7 Å². The third kappa shape index (κ3) is 3.23. The number of likely N-dealkylation sites (tertiary alicyclic amines) is 1. The molecule has 0 N–H and O–H groups in total. The quantitative estimate of drug-likeness (QED) is 0.691. The highest BCUT2D eigenvalue weighted by molar-refractivity contribution is 6.00. The SMILES string of the molecule is CN1CCC[C@@H]1c1nnc2n1CCN(C(=O)c1ccccc1-c1ccccc1)C2. The monoisotopic (exact) mass is 387 g/mol. The third-order valence-electron chi connectivity index (χ3n) is 6.13. The second-order valence-electron chi connectivity index (χ2n) is 7.90. The van der Waals surface area contributed by atoms with Crippen LogP contribution in [0.1, 0.15) is 40.9 Å². The van der Waals surface area contributed by atoms with Crippen molar-refractivity contribution in [1.29, 1.82) is 0 Å². The summed E-state index contributed by atoms with van der Waals surface area (Å²) in [5.74, 6) is 1.99. The highest BCUT2D eigenvalue weighted by Crippen LogP contribution is 2.31. The fourth-order valence-electron chi connectivity index (χ4n) is 4.55. The zero-order chi connectivity index (χ0) is 19.8. The van der Waals surface area contributed by atoms with E-state index in [0.717, 1.165) is 47.8 Å². The molecule has 6 heteroatoms. The fraction of sp³-hybridized carbons (Fsp3) is 0.348. The maximum Gasteiger partial charge on any atom is 0.254 e. The largest absolute Gasteiger partial charge is 0.329 e. The van der Waals surface area contributed by atoms with Gasteiger partial charge in [0.15, 0.2) is 11.6 Å². The molecule has 1 amide bonds. The van der Waals surface area contributed by atoms with Gasteiger partial charge in [-0.05, 0) is 43.6 Å². The molecule has 5 rings (SSSR count). The Kier molecular flexibility index (Phi) is 4.64. The average Bonchev–Trinajstić information content (AvgIpc) is 3.39. The number of benzene rings is 2. The van der Waals surface area contributed by atoms with Gasteiger partial charge in [-0.25, -0.2) is 0 Å². The smallest absolute Gasteiger partial charge is 0.254 e. The van der Waals surface area contributed by atoms with Crippen LogP contribution in [0.2, 0.25) is 0 Å². The molecule has 0 saturated carbocycles. The number of carbonyl (C=O) groups is 1. The summed E-state index contributed by atoms with van der Waals surface area (Å²) in [6.07, 6.45) is 2.33. The van der Waals surface area contributed by atoms with Crippen molar-refractivity contribution in [2.24, 2.45) is 0 Å². The molecule has 0 radical (unpaired) electrons. The van der Waals surface area contributed by atoms with Crippen molar-refractivity contribution in [2.45, 2.75) is 32.0 Å². The van der Waals surface area contributed by atoms with Crippen LogP contribution in [0.25, 0.3) is 11.1 Å². The van der Waals surface area contributed by atoms with Crippen molar-refractivity contribution in [3.8, 4) is 11.1 Å². The minimum atomic E-state index is 0.0539. The van der Waals surface area contributed by atoms with E-state index in [1.807, 2.05) is 59.5 Å². The van der Waals surface area contributed by atoms with E-state index in [2.05, 4.69) is 26.7 Å². The zero-order valence-corrected chi connectivity index (χ0v) is 16.7. The van der Waals surface area contributed by atoms with Gasteiger partial charge in [-0.3, -0.25) is 9.69 Å². The summed E-state index contributed by atoms with van der Waals surface area (Å²) in [4.78, 5) is 17.6. The molecule has 2 aliphatic rings. The summed E-state index contributed by atoms with van der Waals surface area (Å²) >= 11 is 0. The van der Waals surface area contributed by atoms with Crippen LogP contribution >= 0.6 is 0 Å². The summed E-state index contributed by atoms with van der Waals surface area (Å²) in [5.41, 5.74) is 2.77. The van der Waals surface area contributed by atoms with Crippen molar-refractivity contribution in [3.05, 3.63) is 71.8 Å². The van der Waals surface area contributed by atoms with Gasteiger partial charge in [0.1, 0.15) is 0 Å². The lowest BCUT2D eigenvalue weighted by molar-refractivity contribution is 0.0706. The van der Waals surface area contributed by atoms with Gasteiger partial charge in [-0.15, -0.1) is 10.2 Å². The second-order valence-corrected chi connectivity index (χ2v) is 7.90. The van der Waals surface area contributed by atoms with E-state index in [1.165, 1.54) is 6.42 Å². The molecule has 3 aromatic rings. The molecule has 1 aromatic heterocycles. The topological polar surface area (TPSA) is 54.3 Å². The van der Waals surface area contributed by atoms with Crippen LogP contribution in [0.4, 0.5) is 0 Å². The molecular weight excluding hydrogens is 362 g/mol. The van der Waals surface area contributed by atoms with Crippen LogP contribution < -0.4 is 0 Å². The lowest BCUT2D eigenvalue weighted by Crippen LogP contribution is -2.39. The van der Waals surface area contributed by atoms with Crippen LogP contribution in [-0.2, 0) is 13.1 Å². The second kappa shape index (κ2) is 7.44. The standard InChI is InChI=1S/C23H25N5O/c1-26-13-7-12-20(26)22-25-24-21-16-27(14-15-28(21)22)23(29)19-11-6-5-10-18(19)17-8-3-2-4-9-17/h2-6,8-11,20H,7,12-16H2,1H3/t20-/m1/s1. The van der Waals surface area contributed by atoms with Crippen LogP contribution in [-0.4, -0.2) is 50.6 Å². The number of hydrogen-bond acceptors (Lipinski definition) is 4. The molecule has 6 nitrogen and oxygen atoms in total. The minimum Gasteiger partial charge on any atom is -0.329 e. The Bertz CT molecular complexity index is 1030. The summed E-state index contributed by atoms with van der Waals surface area (Å²) in [7, 11) is 2.15. The lowest BCUT2D eigenvalue weighted by Gasteiger charge is -2.30. The fourth-order valence-corrected chi connectivity index (χ4v) is 4.55. The van der Waals surface area contributed by atoms with E-state index >= 15 is 0 Å². The van der Waals surface area contributed by atoms with E-state index in [0.29, 0.717) is 19.1 Å². The molecule has 0 unspecified atom stereocenters. The Balaban J connectivity index is 1.41. The number of rotatable bonds is 3. The summed E-state index contributed by atoms with van der Waals surface area (Å²) in [5, 5.41) is 8.93. The highest BCUT2D eigenvalue weighted by Gasteiger charge is 2.32. The summed E-state index contributed by atoms with van der Waals surface area (Å²) < 4.78 is 2.22. The van der Waals surface area contributed by atoms with E-state index in [1.54, 1.807) is 0 Å². The Morgan fingerprint density at radius 1 is 0.966 bits per heavy atom.